The summed E-state index contributed by atoms with van der Waals surface area (Å²) in [6.45, 7) is 0. The Balaban J connectivity index is 3.31. The average Bonchev–Trinajstić information content (AvgIpc) is 2.08. The summed E-state index contributed by atoms with van der Waals surface area (Å²) in [6, 6.07) is 12.3. The molecule has 0 saturated heterocycles. The molecule has 13 heavy (non-hydrogen) atoms. The Kier molecular flexibility index (Phi) is 2.97. The van der Waals surface area contributed by atoms with Gasteiger partial charge in [-0.2, -0.15) is 0 Å². The molecule has 1 rings (SSSR count). The number of anilines is 3. The SMILES string of the molecule is Nc1ccccc(N)cc(N)cc1. The first-order valence-corrected chi connectivity index (χ1v) is 3.93. The fourth-order valence-corrected chi connectivity index (χ4v) is 0.870. The second kappa shape index (κ2) is 4.21. The van der Waals surface area contributed by atoms with Crippen LogP contribution in [0.4, 0.5) is 17.1 Å². The molecule has 68 valence electrons. The summed E-state index contributed by atoms with van der Waals surface area (Å²) in [5.74, 6) is 0. The molecule has 0 amide bonds. The Bertz CT molecular complexity index is 346. The number of hydrogen-bond donors (Lipinski definition) is 3. The second-order valence-corrected chi connectivity index (χ2v) is 2.70. The van der Waals surface area contributed by atoms with Crippen LogP contribution in [0.25, 0.3) is 0 Å². The van der Waals surface area contributed by atoms with Gasteiger partial charge in [0.25, 0.3) is 0 Å². The van der Waals surface area contributed by atoms with E-state index in [2.05, 4.69) is 0 Å². The van der Waals surface area contributed by atoms with Crippen molar-refractivity contribution >= 4 is 17.1 Å². The predicted molar refractivity (Wildman–Crippen MR) is 57.3 cm³/mol. The molecule has 0 saturated carbocycles. The summed E-state index contributed by atoms with van der Waals surface area (Å²) in [5, 5.41) is 0. The molecule has 0 unspecified atom stereocenters. The second-order valence-electron chi connectivity index (χ2n) is 2.70. The van der Waals surface area contributed by atoms with Crippen molar-refractivity contribution < 1.29 is 0 Å². The molecule has 0 aliphatic heterocycles. The van der Waals surface area contributed by atoms with Crippen LogP contribution in [-0.2, 0) is 0 Å². The summed E-state index contributed by atoms with van der Waals surface area (Å²) in [5.41, 5.74) is 18.7. The van der Waals surface area contributed by atoms with Gasteiger partial charge in [0, 0.05) is 17.1 Å². The van der Waals surface area contributed by atoms with E-state index in [1.807, 2.05) is 12.1 Å². The highest BCUT2D eigenvalue weighted by Crippen LogP contribution is 2.05. The molecule has 3 nitrogen and oxygen atoms in total. The third-order valence-corrected chi connectivity index (χ3v) is 1.49. The van der Waals surface area contributed by atoms with Crippen LogP contribution < -0.4 is 17.2 Å². The van der Waals surface area contributed by atoms with Gasteiger partial charge in [-0.1, -0.05) is 12.1 Å². The van der Waals surface area contributed by atoms with Crippen LogP contribution in [0.15, 0.2) is 42.5 Å². The number of hydrogen-bond acceptors (Lipinski definition) is 3. The highest BCUT2D eigenvalue weighted by molar-refractivity contribution is 5.49. The van der Waals surface area contributed by atoms with Crippen LogP contribution in [-0.4, -0.2) is 0 Å². The van der Waals surface area contributed by atoms with Crippen molar-refractivity contribution in [2.24, 2.45) is 0 Å². The molecular formula is C10H13N3. The maximum absolute atomic E-state index is 5.62. The standard InChI is InChI=1S/C10H13N3/c11-8-3-1-2-4-9(12)7-10(13)6-5-8/h1-7H,11-13H2. The lowest BCUT2D eigenvalue weighted by Gasteiger charge is -1.90. The smallest absolute Gasteiger partial charge is 0.0335 e. The highest BCUT2D eigenvalue weighted by atomic mass is 14.6. The van der Waals surface area contributed by atoms with Crippen LogP contribution in [0, 0.1) is 0 Å². The first-order chi connectivity index (χ1) is 6.18. The minimum absolute atomic E-state index is 0.584. The lowest BCUT2D eigenvalue weighted by atomic mass is 10.3. The van der Waals surface area contributed by atoms with E-state index in [1.165, 1.54) is 0 Å². The minimum atomic E-state index is 0.584. The van der Waals surface area contributed by atoms with E-state index in [0.717, 1.165) is 0 Å². The number of nitrogen functional groups attached to an aromatic ring is 3. The van der Waals surface area contributed by atoms with Gasteiger partial charge in [-0.05, 0) is 30.3 Å². The van der Waals surface area contributed by atoms with Crippen molar-refractivity contribution in [3.8, 4) is 0 Å². The lowest BCUT2D eigenvalue weighted by Crippen LogP contribution is -1.86. The van der Waals surface area contributed by atoms with Gasteiger partial charge in [0.2, 0.25) is 0 Å². The topological polar surface area (TPSA) is 78.1 Å². The van der Waals surface area contributed by atoms with E-state index < -0.39 is 0 Å². The monoisotopic (exact) mass is 175 g/mol. The van der Waals surface area contributed by atoms with Gasteiger partial charge >= 0.3 is 0 Å². The third kappa shape index (κ3) is 3.33. The molecule has 0 heterocycles. The van der Waals surface area contributed by atoms with E-state index in [1.54, 1.807) is 30.3 Å². The zero-order valence-electron chi connectivity index (χ0n) is 7.27. The van der Waals surface area contributed by atoms with E-state index in [-0.39, 0.29) is 0 Å². The molecule has 0 aliphatic rings. The fraction of sp³-hybridized carbons (Fsp3) is 0. The van der Waals surface area contributed by atoms with Crippen LogP contribution in [0.3, 0.4) is 0 Å². The Labute approximate surface area is 77.5 Å². The molecule has 6 N–H and O–H groups in total. The van der Waals surface area contributed by atoms with Crippen molar-refractivity contribution in [3.63, 3.8) is 0 Å². The van der Waals surface area contributed by atoms with Crippen molar-refractivity contribution in [2.45, 2.75) is 0 Å². The van der Waals surface area contributed by atoms with Gasteiger partial charge < -0.3 is 17.2 Å². The Hall–Kier alpha value is -1.90. The van der Waals surface area contributed by atoms with Gasteiger partial charge in [-0.3, -0.25) is 0 Å². The van der Waals surface area contributed by atoms with Gasteiger partial charge in [-0.15, -0.1) is 0 Å². The van der Waals surface area contributed by atoms with Gasteiger partial charge in [-0.25, -0.2) is 0 Å². The zero-order valence-corrected chi connectivity index (χ0v) is 7.27. The van der Waals surface area contributed by atoms with E-state index >= 15 is 0 Å². The molecule has 0 aliphatic carbocycles. The Morgan fingerprint density at radius 1 is 0.615 bits per heavy atom. The molecular weight excluding hydrogens is 162 g/mol. The summed E-state index contributed by atoms with van der Waals surface area (Å²) < 4.78 is 0. The Morgan fingerprint density at radius 2 is 1.08 bits per heavy atom. The molecule has 0 aromatic heterocycles. The molecule has 0 radical (unpaired) electrons. The molecule has 0 bridgehead atoms. The summed E-state index contributed by atoms with van der Waals surface area (Å²) >= 11 is 0. The molecule has 3 heteroatoms. The highest BCUT2D eigenvalue weighted by Gasteiger charge is 1.81. The van der Waals surface area contributed by atoms with Gasteiger partial charge in [0.05, 0.1) is 0 Å². The molecule has 1 aromatic rings. The number of rotatable bonds is 0. The fourth-order valence-electron chi connectivity index (χ4n) is 0.870. The molecule has 0 fully saturated rings. The quantitative estimate of drug-likeness (QED) is 0.560. The van der Waals surface area contributed by atoms with Crippen LogP contribution in [0.2, 0.25) is 0 Å². The van der Waals surface area contributed by atoms with Crippen molar-refractivity contribution in [1.82, 2.24) is 0 Å². The first-order valence-electron chi connectivity index (χ1n) is 3.93. The maximum atomic E-state index is 5.62. The van der Waals surface area contributed by atoms with Gasteiger partial charge in [0.15, 0.2) is 0 Å². The average molecular weight is 175 g/mol. The summed E-state index contributed by atoms with van der Waals surface area (Å²) in [4.78, 5) is 0. The summed E-state index contributed by atoms with van der Waals surface area (Å²) in [7, 11) is 0. The van der Waals surface area contributed by atoms with Crippen LogP contribution >= 0.6 is 0 Å². The minimum Gasteiger partial charge on any atom is -0.399 e. The van der Waals surface area contributed by atoms with E-state index in [4.69, 9.17) is 17.2 Å². The molecule has 0 atom stereocenters. The van der Waals surface area contributed by atoms with E-state index in [9.17, 15) is 0 Å². The largest absolute Gasteiger partial charge is 0.399 e. The van der Waals surface area contributed by atoms with Crippen molar-refractivity contribution in [3.05, 3.63) is 42.5 Å². The van der Waals surface area contributed by atoms with Crippen molar-refractivity contribution in [2.75, 3.05) is 17.2 Å². The lowest BCUT2D eigenvalue weighted by molar-refractivity contribution is 1.67. The van der Waals surface area contributed by atoms with E-state index in [0.29, 0.717) is 17.1 Å². The summed E-state index contributed by atoms with van der Waals surface area (Å²) in [6.07, 6.45) is 0. The normalized spacial score (nSPS) is 8.92. The van der Waals surface area contributed by atoms with Crippen LogP contribution in [0.1, 0.15) is 0 Å². The zero-order chi connectivity index (χ0) is 9.68. The Morgan fingerprint density at radius 3 is 1.77 bits per heavy atom. The van der Waals surface area contributed by atoms with Crippen molar-refractivity contribution in [1.29, 1.82) is 0 Å². The maximum Gasteiger partial charge on any atom is 0.0335 e. The predicted octanol–water partition coefficient (Wildman–Crippen LogP) is 1.56. The molecule has 1 aromatic carbocycles. The number of nitrogens with two attached hydrogens (primary N) is 3. The third-order valence-electron chi connectivity index (χ3n) is 1.49. The first kappa shape index (κ1) is 9.19. The van der Waals surface area contributed by atoms with Crippen LogP contribution in [0.5, 0.6) is 0 Å². The molecule has 0 spiro atoms. The van der Waals surface area contributed by atoms with Gasteiger partial charge in [0.1, 0.15) is 0 Å².